The first kappa shape index (κ1) is 8.66. The van der Waals surface area contributed by atoms with Gasteiger partial charge in [0.2, 0.25) is 0 Å². The molecule has 0 saturated carbocycles. The number of aromatic amines is 1. The lowest BCUT2D eigenvalue weighted by atomic mass is 10.3. The van der Waals surface area contributed by atoms with E-state index in [-0.39, 0.29) is 12.3 Å². The number of nitrogens with one attached hydrogen (secondary N) is 1. The zero-order chi connectivity index (χ0) is 8.97. The molecule has 0 aliphatic carbocycles. The Hall–Kier alpha value is -1.43. The Kier molecular flexibility index (Phi) is 2.76. The molecule has 66 valence electrons. The fraction of sp³-hybridized carbons (Fsp3) is 0.500. The van der Waals surface area contributed by atoms with E-state index in [9.17, 15) is 4.79 Å². The van der Waals surface area contributed by atoms with Crippen molar-refractivity contribution in [2.45, 2.75) is 13.5 Å². The van der Waals surface area contributed by atoms with Crippen LogP contribution in [0.15, 0.2) is 0 Å². The van der Waals surface area contributed by atoms with Crippen LogP contribution < -0.4 is 0 Å². The van der Waals surface area contributed by atoms with Gasteiger partial charge >= 0.3 is 5.97 Å². The van der Waals surface area contributed by atoms with Crippen LogP contribution in [0.25, 0.3) is 0 Å². The zero-order valence-corrected chi connectivity index (χ0v) is 6.57. The number of hydrogen-bond acceptors (Lipinski definition) is 4. The van der Waals surface area contributed by atoms with Crippen molar-refractivity contribution in [1.82, 2.24) is 15.4 Å². The second-order valence-corrected chi connectivity index (χ2v) is 2.06. The second-order valence-electron chi connectivity index (χ2n) is 2.06. The molecular weight excluding hydrogens is 162 g/mol. The third-order valence-corrected chi connectivity index (χ3v) is 1.27. The van der Waals surface area contributed by atoms with Gasteiger partial charge in [0.25, 0.3) is 0 Å². The minimum absolute atomic E-state index is 0.0801. The summed E-state index contributed by atoms with van der Waals surface area (Å²) in [6.07, 6.45) is 0. The number of nitrogens with zero attached hydrogens (tertiary/aromatic N) is 2. The summed E-state index contributed by atoms with van der Waals surface area (Å²) in [6.45, 7) is 2.51. The smallest absolute Gasteiger partial charge is 0.358 e. The van der Waals surface area contributed by atoms with Gasteiger partial charge in [0.1, 0.15) is 5.69 Å². The van der Waals surface area contributed by atoms with Crippen molar-refractivity contribution < 1.29 is 14.6 Å². The SMILES string of the molecule is CCOCc1n[nH]nc1C(=O)O. The zero-order valence-electron chi connectivity index (χ0n) is 6.57. The summed E-state index contributed by atoms with van der Waals surface area (Å²) in [6, 6.07) is 0. The lowest BCUT2D eigenvalue weighted by Crippen LogP contribution is -2.03. The summed E-state index contributed by atoms with van der Waals surface area (Å²) in [5, 5.41) is 17.9. The molecule has 1 aromatic rings. The fourth-order valence-corrected chi connectivity index (χ4v) is 0.723. The van der Waals surface area contributed by atoms with Crippen molar-refractivity contribution >= 4 is 5.97 Å². The highest BCUT2D eigenvalue weighted by molar-refractivity contribution is 5.86. The highest BCUT2D eigenvalue weighted by Gasteiger charge is 2.14. The summed E-state index contributed by atoms with van der Waals surface area (Å²) < 4.78 is 4.98. The van der Waals surface area contributed by atoms with Crippen LogP contribution in [-0.4, -0.2) is 33.1 Å². The van der Waals surface area contributed by atoms with Crippen molar-refractivity contribution in [2.24, 2.45) is 0 Å². The Morgan fingerprint density at radius 1 is 1.67 bits per heavy atom. The number of carboxylic acids is 1. The van der Waals surface area contributed by atoms with Crippen LogP contribution in [0.2, 0.25) is 0 Å². The quantitative estimate of drug-likeness (QED) is 0.667. The first-order valence-corrected chi connectivity index (χ1v) is 3.46. The summed E-state index contributed by atoms with van der Waals surface area (Å²) in [5.41, 5.74) is 0.243. The molecule has 0 unspecified atom stereocenters. The average molecular weight is 171 g/mol. The maximum Gasteiger partial charge on any atom is 0.358 e. The topological polar surface area (TPSA) is 88.1 Å². The third kappa shape index (κ3) is 1.79. The molecule has 0 aliphatic heterocycles. The van der Waals surface area contributed by atoms with Gasteiger partial charge in [-0.1, -0.05) is 0 Å². The number of ether oxygens (including phenoxy) is 1. The molecule has 6 nitrogen and oxygen atoms in total. The van der Waals surface area contributed by atoms with Crippen LogP contribution >= 0.6 is 0 Å². The van der Waals surface area contributed by atoms with Crippen LogP contribution in [0, 0.1) is 0 Å². The van der Waals surface area contributed by atoms with E-state index in [2.05, 4.69) is 15.4 Å². The number of carboxylic acid groups (broad SMARTS) is 1. The minimum atomic E-state index is -1.10. The minimum Gasteiger partial charge on any atom is -0.476 e. The standard InChI is InChI=1S/C6H9N3O3/c1-2-12-3-4-5(6(10)11)8-9-7-4/h2-3H2,1H3,(H,10,11)(H,7,8,9). The van der Waals surface area contributed by atoms with Gasteiger partial charge in [-0.15, -0.1) is 5.10 Å². The first-order chi connectivity index (χ1) is 5.75. The molecule has 12 heavy (non-hydrogen) atoms. The maximum atomic E-state index is 10.5. The van der Waals surface area contributed by atoms with Gasteiger partial charge in [-0.05, 0) is 6.92 Å². The monoisotopic (exact) mass is 171 g/mol. The molecule has 1 aromatic heterocycles. The first-order valence-electron chi connectivity index (χ1n) is 3.46. The number of rotatable bonds is 4. The molecular formula is C6H9N3O3. The van der Waals surface area contributed by atoms with Crippen molar-refractivity contribution in [2.75, 3.05) is 6.61 Å². The van der Waals surface area contributed by atoms with Crippen molar-refractivity contribution in [3.05, 3.63) is 11.4 Å². The predicted molar refractivity (Wildman–Crippen MR) is 38.7 cm³/mol. The molecule has 0 aromatic carbocycles. The van der Waals surface area contributed by atoms with Crippen LogP contribution in [-0.2, 0) is 11.3 Å². The van der Waals surface area contributed by atoms with E-state index in [1.807, 2.05) is 6.92 Å². The van der Waals surface area contributed by atoms with Crippen LogP contribution in [0.1, 0.15) is 23.1 Å². The molecule has 0 fully saturated rings. The molecule has 2 N–H and O–H groups in total. The Bertz CT molecular complexity index is 271. The van der Waals surface area contributed by atoms with E-state index in [4.69, 9.17) is 9.84 Å². The van der Waals surface area contributed by atoms with Gasteiger partial charge < -0.3 is 9.84 Å². The molecule has 0 spiro atoms. The number of carbonyl (C=O) groups is 1. The summed E-state index contributed by atoms with van der Waals surface area (Å²) in [7, 11) is 0. The summed E-state index contributed by atoms with van der Waals surface area (Å²) in [4.78, 5) is 10.5. The lowest BCUT2D eigenvalue weighted by molar-refractivity contribution is 0.0681. The second kappa shape index (κ2) is 3.82. The van der Waals surface area contributed by atoms with Gasteiger partial charge in [0.15, 0.2) is 5.69 Å². The number of hydrogen-bond donors (Lipinski definition) is 2. The highest BCUT2D eigenvalue weighted by atomic mass is 16.5. The molecule has 0 radical (unpaired) electrons. The predicted octanol–water partition coefficient (Wildman–Crippen LogP) is 0.0394. The van der Waals surface area contributed by atoms with Gasteiger partial charge in [-0.25, -0.2) is 4.79 Å². The molecule has 1 rings (SSSR count). The van der Waals surface area contributed by atoms with Crippen molar-refractivity contribution in [1.29, 1.82) is 0 Å². The summed E-state index contributed by atoms with van der Waals surface area (Å²) in [5.74, 6) is -1.10. The lowest BCUT2D eigenvalue weighted by Gasteiger charge is -1.96. The van der Waals surface area contributed by atoms with E-state index in [1.54, 1.807) is 0 Å². The van der Waals surface area contributed by atoms with Gasteiger partial charge in [0.05, 0.1) is 6.61 Å². The maximum absolute atomic E-state index is 10.5. The van der Waals surface area contributed by atoms with Gasteiger partial charge in [-0.3, -0.25) is 0 Å². The number of aromatic nitrogens is 3. The largest absolute Gasteiger partial charge is 0.476 e. The van der Waals surface area contributed by atoms with Crippen LogP contribution in [0.3, 0.4) is 0 Å². The van der Waals surface area contributed by atoms with E-state index < -0.39 is 5.97 Å². The fourth-order valence-electron chi connectivity index (χ4n) is 0.723. The molecule has 0 bridgehead atoms. The van der Waals surface area contributed by atoms with E-state index in [1.165, 1.54) is 0 Å². The molecule has 0 atom stereocenters. The third-order valence-electron chi connectivity index (χ3n) is 1.27. The Labute approximate surface area is 68.5 Å². The van der Waals surface area contributed by atoms with Crippen LogP contribution in [0.5, 0.6) is 0 Å². The summed E-state index contributed by atoms with van der Waals surface area (Å²) >= 11 is 0. The molecule has 0 aliphatic rings. The van der Waals surface area contributed by atoms with Crippen molar-refractivity contribution in [3.63, 3.8) is 0 Å². The molecule has 1 heterocycles. The average Bonchev–Trinajstić information content (AvgIpc) is 2.48. The molecule has 0 amide bonds. The van der Waals surface area contributed by atoms with E-state index in [0.29, 0.717) is 12.3 Å². The normalized spacial score (nSPS) is 10.1. The molecule has 0 saturated heterocycles. The number of H-pyrrole nitrogens is 1. The Morgan fingerprint density at radius 2 is 2.42 bits per heavy atom. The van der Waals surface area contributed by atoms with Crippen molar-refractivity contribution in [3.8, 4) is 0 Å². The number of aromatic carboxylic acids is 1. The molecule has 6 heteroatoms. The highest BCUT2D eigenvalue weighted by Crippen LogP contribution is 2.01. The van der Waals surface area contributed by atoms with Gasteiger partial charge in [-0.2, -0.15) is 10.3 Å². The Morgan fingerprint density at radius 3 is 3.00 bits per heavy atom. The van der Waals surface area contributed by atoms with Gasteiger partial charge in [0, 0.05) is 6.61 Å². The Balaban J connectivity index is 2.70. The van der Waals surface area contributed by atoms with Crippen LogP contribution in [0.4, 0.5) is 0 Å². The van der Waals surface area contributed by atoms with E-state index >= 15 is 0 Å². The van der Waals surface area contributed by atoms with E-state index in [0.717, 1.165) is 0 Å².